The normalized spacial score (nSPS) is 16.4. The number of hydrogen-bond acceptors (Lipinski definition) is 3. The Hall–Kier alpha value is -2.80. The zero-order chi connectivity index (χ0) is 24.4. The van der Waals surface area contributed by atoms with Crippen molar-refractivity contribution >= 4 is 21.7 Å². The lowest BCUT2D eigenvalue weighted by atomic mass is 10.1. The van der Waals surface area contributed by atoms with Gasteiger partial charge < -0.3 is 10.6 Å². The molecule has 0 aromatic heterocycles. The molecule has 0 unspecified atom stereocenters. The van der Waals surface area contributed by atoms with Gasteiger partial charge >= 0.3 is 18.4 Å². The van der Waals surface area contributed by atoms with Gasteiger partial charge in [-0.3, -0.25) is 0 Å². The molecule has 6 nitrogen and oxygen atoms in total. The maximum absolute atomic E-state index is 12.9. The molecule has 2 N–H and O–H groups in total. The lowest BCUT2D eigenvalue weighted by Crippen LogP contribution is -2.47. The number of sulfonamides is 1. The minimum atomic E-state index is -4.68. The smallest absolute Gasteiger partial charge is 0.335 e. The van der Waals surface area contributed by atoms with Crippen molar-refractivity contribution in [1.29, 1.82) is 0 Å². The van der Waals surface area contributed by atoms with Crippen LogP contribution in [0.4, 0.5) is 36.8 Å². The topological polar surface area (TPSA) is 78.5 Å². The summed E-state index contributed by atoms with van der Waals surface area (Å²) in [7, 11) is -4.15. The first-order valence-electron chi connectivity index (χ1n) is 9.69. The van der Waals surface area contributed by atoms with Crippen LogP contribution in [0.5, 0.6) is 0 Å². The van der Waals surface area contributed by atoms with E-state index in [2.05, 4.69) is 10.6 Å². The number of nitrogens with one attached hydrogen (secondary N) is 2. The first-order valence-corrected chi connectivity index (χ1v) is 11.1. The van der Waals surface area contributed by atoms with Crippen LogP contribution in [0.3, 0.4) is 0 Å². The lowest BCUT2D eigenvalue weighted by molar-refractivity contribution is -0.138. The van der Waals surface area contributed by atoms with Crippen molar-refractivity contribution in [3.63, 3.8) is 0 Å². The predicted octanol–water partition coefficient (Wildman–Crippen LogP) is 4.70. The Morgan fingerprint density at radius 2 is 1.45 bits per heavy atom. The summed E-state index contributed by atoms with van der Waals surface area (Å²) >= 11 is 0. The number of rotatable bonds is 4. The fourth-order valence-electron chi connectivity index (χ4n) is 3.32. The number of urea groups is 1. The molecule has 2 aromatic carbocycles. The van der Waals surface area contributed by atoms with Gasteiger partial charge in [-0.25, -0.2) is 13.2 Å². The Kier molecular flexibility index (Phi) is 6.93. The fourth-order valence-corrected chi connectivity index (χ4v) is 4.83. The molecular formula is C20H19F6N3O3S. The number of benzene rings is 2. The average Bonchev–Trinajstić information content (AvgIpc) is 2.73. The molecule has 13 heteroatoms. The Morgan fingerprint density at radius 1 is 0.879 bits per heavy atom. The van der Waals surface area contributed by atoms with E-state index in [1.54, 1.807) is 0 Å². The van der Waals surface area contributed by atoms with Crippen LogP contribution in [0, 0.1) is 0 Å². The summed E-state index contributed by atoms with van der Waals surface area (Å²) in [5.41, 5.74) is -1.78. The summed E-state index contributed by atoms with van der Waals surface area (Å²) in [4.78, 5) is 11.6. The number of piperidine rings is 1. The van der Waals surface area contributed by atoms with Crippen LogP contribution in [0.25, 0.3) is 0 Å². The van der Waals surface area contributed by atoms with Gasteiger partial charge in [-0.2, -0.15) is 30.6 Å². The zero-order valence-corrected chi connectivity index (χ0v) is 17.7. The summed E-state index contributed by atoms with van der Waals surface area (Å²) in [5.74, 6) is 0. The fraction of sp³-hybridized carbons (Fsp3) is 0.350. The highest BCUT2D eigenvalue weighted by Crippen LogP contribution is 2.32. The van der Waals surface area contributed by atoms with E-state index < -0.39 is 50.5 Å². The number of carbonyl (C=O) groups is 1. The van der Waals surface area contributed by atoms with E-state index in [4.69, 9.17) is 0 Å². The molecule has 180 valence electrons. The number of halogens is 6. The highest BCUT2D eigenvalue weighted by molar-refractivity contribution is 7.89. The van der Waals surface area contributed by atoms with Gasteiger partial charge in [0.05, 0.1) is 16.0 Å². The molecular weight excluding hydrogens is 476 g/mol. The van der Waals surface area contributed by atoms with Crippen LogP contribution in [-0.2, 0) is 22.4 Å². The van der Waals surface area contributed by atoms with Crippen LogP contribution in [0.2, 0.25) is 0 Å². The van der Waals surface area contributed by atoms with E-state index >= 15 is 0 Å². The molecule has 0 radical (unpaired) electrons. The lowest BCUT2D eigenvalue weighted by Gasteiger charge is -2.31. The van der Waals surface area contributed by atoms with Crippen LogP contribution in [0.15, 0.2) is 53.4 Å². The summed E-state index contributed by atoms with van der Waals surface area (Å²) in [5, 5.41) is 5.01. The maximum Gasteiger partial charge on any atom is 0.416 e. The molecule has 1 heterocycles. The average molecular weight is 495 g/mol. The van der Waals surface area contributed by atoms with Gasteiger partial charge in [-0.05, 0) is 55.3 Å². The monoisotopic (exact) mass is 495 g/mol. The molecule has 3 rings (SSSR count). The van der Waals surface area contributed by atoms with Crippen LogP contribution in [-0.4, -0.2) is 37.9 Å². The number of alkyl halides is 6. The standard InChI is InChI=1S/C20H19F6N3O3S/c21-19(22,23)13-4-6-15(7-5-13)27-18(30)28-16-8-10-29(11-9-16)33(31,32)17-3-1-2-14(12-17)20(24,25)26/h1-7,12,16H,8-11H2,(H2,27,28,30). The third-order valence-electron chi connectivity index (χ3n) is 5.06. The molecule has 2 aromatic rings. The molecule has 0 saturated carbocycles. The van der Waals surface area contributed by atoms with E-state index in [9.17, 15) is 39.6 Å². The van der Waals surface area contributed by atoms with Crippen molar-refractivity contribution in [2.24, 2.45) is 0 Å². The number of anilines is 1. The maximum atomic E-state index is 12.9. The SMILES string of the molecule is O=C(Nc1ccc(C(F)(F)F)cc1)NC1CCN(S(=O)(=O)c2cccc(C(F)(F)F)c2)CC1. The molecule has 2 amide bonds. The summed E-state index contributed by atoms with van der Waals surface area (Å²) < 4.78 is 103. The van der Waals surface area contributed by atoms with Crippen LogP contribution in [0.1, 0.15) is 24.0 Å². The minimum Gasteiger partial charge on any atom is -0.335 e. The second kappa shape index (κ2) is 9.21. The molecule has 1 fully saturated rings. The molecule has 33 heavy (non-hydrogen) atoms. The Balaban J connectivity index is 1.56. The quantitative estimate of drug-likeness (QED) is 0.604. The highest BCUT2D eigenvalue weighted by atomic mass is 32.2. The Morgan fingerprint density at radius 3 is 2.00 bits per heavy atom. The third-order valence-corrected chi connectivity index (χ3v) is 6.95. The van der Waals surface area contributed by atoms with Gasteiger partial charge in [-0.1, -0.05) is 6.07 Å². The highest BCUT2D eigenvalue weighted by Gasteiger charge is 2.34. The van der Waals surface area contributed by atoms with E-state index in [1.165, 1.54) is 0 Å². The zero-order valence-electron chi connectivity index (χ0n) is 16.9. The van der Waals surface area contributed by atoms with E-state index in [0.29, 0.717) is 6.07 Å². The molecule has 0 spiro atoms. The van der Waals surface area contributed by atoms with Crippen molar-refractivity contribution in [2.45, 2.75) is 36.1 Å². The summed E-state index contributed by atoms with van der Waals surface area (Å²) in [6.07, 6.45) is -8.76. The molecule has 0 bridgehead atoms. The second-order valence-electron chi connectivity index (χ2n) is 7.38. The molecule has 1 aliphatic heterocycles. The predicted molar refractivity (Wildman–Crippen MR) is 107 cm³/mol. The minimum absolute atomic E-state index is 0.0240. The van der Waals surface area contributed by atoms with Gasteiger partial charge in [0.25, 0.3) is 0 Å². The molecule has 1 aliphatic rings. The Bertz CT molecular complexity index is 1090. The number of hydrogen-bond donors (Lipinski definition) is 2. The van der Waals surface area contributed by atoms with Gasteiger partial charge in [0, 0.05) is 24.8 Å². The van der Waals surface area contributed by atoms with E-state index in [0.717, 1.165) is 46.8 Å². The molecule has 1 saturated heterocycles. The van der Waals surface area contributed by atoms with Crippen molar-refractivity contribution in [1.82, 2.24) is 9.62 Å². The van der Waals surface area contributed by atoms with Gasteiger partial charge in [0.1, 0.15) is 0 Å². The van der Waals surface area contributed by atoms with Crippen LogP contribution < -0.4 is 10.6 Å². The first kappa shape index (κ1) is 24.8. The summed E-state index contributed by atoms with van der Waals surface area (Å²) in [6, 6.07) is 6.24. The van der Waals surface area contributed by atoms with E-state index in [1.807, 2.05) is 0 Å². The van der Waals surface area contributed by atoms with Crippen molar-refractivity contribution in [3.8, 4) is 0 Å². The molecule has 0 atom stereocenters. The third kappa shape index (κ3) is 6.16. The number of carbonyl (C=O) groups excluding carboxylic acids is 1. The van der Waals surface area contributed by atoms with Gasteiger partial charge in [0.15, 0.2) is 0 Å². The first-order chi connectivity index (χ1) is 15.3. The number of nitrogens with zero attached hydrogens (tertiary/aromatic N) is 1. The van der Waals surface area contributed by atoms with Crippen LogP contribution >= 0.6 is 0 Å². The van der Waals surface area contributed by atoms with Gasteiger partial charge in [0.2, 0.25) is 10.0 Å². The van der Waals surface area contributed by atoms with E-state index in [-0.39, 0.29) is 31.6 Å². The van der Waals surface area contributed by atoms with Crippen molar-refractivity contribution < 1.29 is 39.6 Å². The number of amides is 2. The Labute approximate surface area is 185 Å². The van der Waals surface area contributed by atoms with Crippen molar-refractivity contribution in [2.75, 3.05) is 18.4 Å². The van der Waals surface area contributed by atoms with Crippen molar-refractivity contribution in [3.05, 3.63) is 59.7 Å². The second-order valence-corrected chi connectivity index (χ2v) is 9.32. The largest absolute Gasteiger partial charge is 0.416 e. The van der Waals surface area contributed by atoms with Gasteiger partial charge in [-0.15, -0.1) is 0 Å². The summed E-state index contributed by atoms with van der Waals surface area (Å²) in [6.45, 7) is -0.0480. The molecule has 0 aliphatic carbocycles.